The molecule has 0 fully saturated rings. The Morgan fingerprint density at radius 3 is 2.66 bits per heavy atom. The van der Waals surface area contributed by atoms with Gasteiger partial charge in [0.25, 0.3) is 0 Å². The molecule has 47 heavy (non-hydrogen) atoms. The topological polar surface area (TPSA) is 152 Å². The molecule has 7 N–H and O–H groups in total. The molecular weight excluding hydrogens is 637 g/mol. The van der Waals surface area contributed by atoms with Gasteiger partial charge < -0.3 is 27.1 Å². The van der Waals surface area contributed by atoms with Gasteiger partial charge in [0.2, 0.25) is 0 Å². The van der Waals surface area contributed by atoms with Gasteiger partial charge in [-0.3, -0.25) is 9.56 Å². The third kappa shape index (κ3) is 9.18. The monoisotopic (exact) mass is 677 g/mol. The fourth-order valence-corrected chi connectivity index (χ4v) is 6.28. The Kier molecular flexibility index (Phi) is 11.6. The number of aliphatic imine (C=N–C) groups is 1. The van der Waals surface area contributed by atoms with E-state index in [0.29, 0.717) is 40.4 Å². The van der Waals surface area contributed by atoms with Crippen LogP contribution in [0.1, 0.15) is 56.7 Å². The average Bonchev–Trinajstić information content (AvgIpc) is 3.71. The summed E-state index contributed by atoms with van der Waals surface area (Å²) in [5.74, 6) is 0.178. The first-order valence-corrected chi connectivity index (χ1v) is 17.1. The molecule has 0 spiro atoms. The number of anilines is 1. The highest BCUT2D eigenvalue weighted by Crippen LogP contribution is 2.31. The molecule has 3 aromatic heterocycles. The molecule has 2 aromatic carbocycles. The van der Waals surface area contributed by atoms with Crippen molar-refractivity contribution in [3.63, 3.8) is 0 Å². The summed E-state index contributed by atoms with van der Waals surface area (Å²) < 4.78 is 16.7. The lowest BCUT2D eigenvalue weighted by Crippen LogP contribution is -2.26. The number of nitrogens with zero attached hydrogens (tertiary/aromatic N) is 4. The maximum atomic E-state index is 15.2. The lowest BCUT2D eigenvalue weighted by atomic mass is 10.00. The number of hydrogen-bond donors (Lipinski definition) is 5. The van der Waals surface area contributed by atoms with Gasteiger partial charge in [-0.05, 0) is 79.6 Å². The van der Waals surface area contributed by atoms with Crippen molar-refractivity contribution in [2.75, 3.05) is 25.0 Å². The number of hydrogen-bond acceptors (Lipinski definition) is 7. The maximum Gasteiger partial charge on any atom is 0.354 e. The number of aromatic amines is 1. The van der Waals surface area contributed by atoms with Crippen molar-refractivity contribution in [1.82, 2.24) is 24.8 Å². The van der Waals surface area contributed by atoms with E-state index in [-0.39, 0.29) is 17.0 Å². The average molecular weight is 678 g/mol. The van der Waals surface area contributed by atoms with Crippen LogP contribution in [0.15, 0.2) is 70.0 Å². The van der Waals surface area contributed by atoms with Gasteiger partial charge in [0.1, 0.15) is 5.65 Å². The SMILES string of the molecule is CC(C)CCCc1cc(Cl)c(F)c(-c2cc3cn(-c4ccc([C@H](CCNc5nccs5)NCCCN=C(N)N)cc4)c(=O)nc3[nH]2)c1. The number of aromatic nitrogens is 4. The third-order valence-electron chi connectivity index (χ3n) is 7.87. The van der Waals surface area contributed by atoms with E-state index in [4.69, 9.17) is 23.1 Å². The van der Waals surface area contributed by atoms with Crippen molar-refractivity contribution in [2.45, 2.75) is 52.0 Å². The highest BCUT2D eigenvalue weighted by Gasteiger charge is 2.16. The van der Waals surface area contributed by atoms with E-state index in [1.54, 1.807) is 35.9 Å². The Bertz CT molecular complexity index is 1850. The minimum absolute atomic E-state index is 0.0446. The Morgan fingerprint density at radius 2 is 1.94 bits per heavy atom. The summed E-state index contributed by atoms with van der Waals surface area (Å²) in [5, 5.41) is 10.5. The Labute approximate surface area is 282 Å². The summed E-state index contributed by atoms with van der Waals surface area (Å²) in [6, 6.07) is 13.2. The number of rotatable bonds is 16. The van der Waals surface area contributed by atoms with Gasteiger partial charge >= 0.3 is 5.69 Å². The summed E-state index contributed by atoms with van der Waals surface area (Å²) in [4.78, 5) is 28.9. The fraction of sp³-hybridized carbons (Fsp3) is 0.353. The van der Waals surface area contributed by atoms with E-state index in [0.717, 1.165) is 61.5 Å². The summed E-state index contributed by atoms with van der Waals surface area (Å²) in [6.45, 7) is 6.36. The van der Waals surface area contributed by atoms with Crippen LogP contribution in [-0.4, -0.2) is 45.1 Å². The first kappa shape index (κ1) is 34.1. The van der Waals surface area contributed by atoms with E-state index in [2.05, 4.69) is 44.4 Å². The van der Waals surface area contributed by atoms with E-state index < -0.39 is 11.5 Å². The molecule has 0 bridgehead atoms. The van der Waals surface area contributed by atoms with Crippen molar-refractivity contribution in [3.05, 3.63) is 92.7 Å². The quantitative estimate of drug-likeness (QED) is 0.0460. The highest BCUT2D eigenvalue weighted by molar-refractivity contribution is 7.13. The molecule has 0 radical (unpaired) electrons. The molecule has 3 heterocycles. The second kappa shape index (κ2) is 16.0. The van der Waals surface area contributed by atoms with E-state index >= 15 is 4.39 Å². The minimum atomic E-state index is -0.502. The Balaban J connectivity index is 1.35. The normalized spacial score (nSPS) is 12.1. The molecule has 13 heteroatoms. The summed E-state index contributed by atoms with van der Waals surface area (Å²) in [7, 11) is 0. The van der Waals surface area contributed by atoms with Crippen LogP contribution in [0.25, 0.3) is 28.0 Å². The predicted molar refractivity (Wildman–Crippen MR) is 191 cm³/mol. The van der Waals surface area contributed by atoms with Gasteiger partial charge in [-0.1, -0.05) is 44.0 Å². The number of thiazole rings is 1. The zero-order valence-corrected chi connectivity index (χ0v) is 28.2. The van der Waals surface area contributed by atoms with Crippen LogP contribution in [0.5, 0.6) is 0 Å². The summed E-state index contributed by atoms with van der Waals surface area (Å²) >= 11 is 7.85. The molecular formula is C34H41ClFN9OS. The number of nitrogens with one attached hydrogen (secondary N) is 3. The van der Waals surface area contributed by atoms with Crippen molar-refractivity contribution < 1.29 is 4.39 Å². The van der Waals surface area contributed by atoms with Crippen molar-refractivity contribution in [2.24, 2.45) is 22.4 Å². The number of aryl methyl sites for hydroxylation is 1. The highest BCUT2D eigenvalue weighted by atomic mass is 35.5. The van der Waals surface area contributed by atoms with Gasteiger partial charge in [-0.2, -0.15) is 4.98 Å². The zero-order valence-electron chi connectivity index (χ0n) is 26.6. The maximum absolute atomic E-state index is 15.2. The van der Waals surface area contributed by atoms with Gasteiger partial charge in [-0.25, -0.2) is 14.2 Å². The molecule has 0 aliphatic rings. The first-order chi connectivity index (χ1) is 22.7. The molecule has 0 aliphatic carbocycles. The number of nitrogens with two attached hydrogens (primary N) is 2. The van der Waals surface area contributed by atoms with Crippen molar-refractivity contribution in [1.29, 1.82) is 0 Å². The van der Waals surface area contributed by atoms with Gasteiger partial charge in [0.05, 0.1) is 16.4 Å². The van der Waals surface area contributed by atoms with Crippen molar-refractivity contribution >= 4 is 45.1 Å². The van der Waals surface area contributed by atoms with Gasteiger partial charge in [-0.15, -0.1) is 11.3 Å². The number of guanidine groups is 1. The molecule has 1 atom stereocenters. The number of H-pyrrole nitrogens is 1. The van der Waals surface area contributed by atoms with E-state index in [1.165, 1.54) is 4.57 Å². The summed E-state index contributed by atoms with van der Waals surface area (Å²) in [6.07, 6.45) is 7.96. The molecule has 0 unspecified atom stereocenters. The van der Waals surface area contributed by atoms with Crippen LogP contribution in [0.3, 0.4) is 0 Å². The second-order valence-corrected chi connectivity index (χ2v) is 13.2. The van der Waals surface area contributed by atoms with Crippen LogP contribution in [0, 0.1) is 11.7 Å². The predicted octanol–water partition coefficient (Wildman–Crippen LogP) is 6.40. The molecule has 0 saturated heterocycles. The molecule has 5 rings (SSSR count). The molecule has 5 aromatic rings. The van der Waals surface area contributed by atoms with Crippen LogP contribution < -0.4 is 27.8 Å². The molecule has 248 valence electrons. The Morgan fingerprint density at radius 1 is 1.13 bits per heavy atom. The first-order valence-electron chi connectivity index (χ1n) is 15.8. The molecule has 0 saturated carbocycles. The Hall–Kier alpha value is -4.26. The van der Waals surface area contributed by atoms with Gasteiger partial charge in [0.15, 0.2) is 16.9 Å². The van der Waals surface area contributed by atoms with Crippen LogP contribution in [0.2, 0.25) is 5.02 Å². The zero-order chi connectivity index (χ0) is 33.3. The molecule has 0 aliphatic heterocycles. The minimum Gasteiger partial charge on any atom is -0.370 e. The van der Waals surface area contributed by atoms with Crippen LogP contribution >= 0.6 is 22.9 Å². The molecule has 10 nitrogen and oxygen atoms in total. The largest absolute Gasteiger partial charge is 0.370 e. The number of halogens is 2. The van der Waals surface area contributed by atoms with Crippen LogP contribution in [0.4, 0.5) is 9.52 Å². The standard InChI is InChI=1S/C34H41ClFN9OS/c1-21(2)5-3-6-22-17-26(30(36)27(35)18-22)29-19-24-20-45(34(46)44-31(24)43-29)25-9-7-23(8-10-25)28(39-12-4-13-40-32(37)38)11-14-41-33-42-15-16-47-33/h7-10,15-21,28,39H,3-6,11-14H2,1-2H3,(H,41,42)(H4,37,38,40)(H,43,44,46)/t28-/m0/s1. The number of benzene rings is 2. The van der Waals surface area contributed by atoms with Crippen LogP contribution in [-0.2, 0) is 6.42 Å². The van der Waals surface area contributed by atoms with E-state index in [1.807, 2.05) is 35.7 Å². The van der Waals surface area contributed by atoms with E-state index in [9.17, 15) is 4.79 Å². The fourth-order valence-electron chi connectivity index (χ4n) is 5.48. The molecule has 0 amide bonds. The van der Waals surface area contributed by atoms with Crippen molar-refractivity contribution in [3.8, 4) is 16.9 Å². The van der Waals surface area contributed by atoms with Gasteiger partial charge in [0, 0.05) is 47.9 Å². The summed E-state index contributed by atoms with van der Waals surface area (Å²) in [5.41, 5.74) is 14.4. The lowest BCUT2D eigenvalue weighted by Gasteiger charge is -2.20. The third-order valence-corrected chi connectivity index (χ3v) is 8.87. The smallest absolute Gasteiger partial charge is 0.354 e. The second-order valence-electron chi connectivity index (χ2n) is 11.9. The number of fused-ring (bicyclic) bond motifs is 1. The lowest BCUT2D eigenvalue weighted by molar-refractivity contribution is 0.505.